The zero-order valence-electron chi connectivity index (χ0n) is 20.0. The van der Waals surface area contributed by atoms with Crippen molar-refractivity contribution in [2.24, 2.45) is 0 Å². The smallest absolute Gasteiger partial charge is 0.372 e. The molecule has 2 aromatic carbocycles. The minimum Gasteiger partial charge on any atom is -0.475 e. The molecule has 1 amide bonds. The Kier molecular flexibility index (Phi) is 7.40. The normalized spacial score (nSPS) is 13.4. The van der Waals surface area contributed by atoms with Crippen LogP contribution in [0.15, 0.2) is 71.3 Å². The molecule has 38 heavy (non-hydrogen) atoms. The summed E-state index contributed by atoms with van der Waals surface area (Å²) in [6, 6.07) is 20.1. The van der Waals surface area contributed by atoms with E-state index >= 15 is 0 Å². The Bertz CT molecular complexity index is 1590. The van der Waals surface area contributed by atoms with E-state index in [4.69, 9.17) is 21.9 Å². The van der Waals surface area contributed by atoms with E-state index in [0.717, 1.165) is 34.9 Å². The summed E-state index contributed by atoms with van der Waals surface area (Å²) in [6.07, 6.45) is 0. The lowest BCUT2D eigenvalue weighted by Gasteiger charge is -2.27. The van der Waals surface area contributed by atoms with Crippen LogP contribution in [0.4, 0.5) is 11.4 Å². The van der Waals surface area contributed by atoms with Gasteiger partial charge in [0.1, 0.15) is 5.69 Å². The third-order valence-corrected chi connectivity index (χ3v) is 7.08. The molecular weight excluding hydrogens is 528 g/mol. The van der Waals surface area contributed by atoms with Crippen LogP contribution in [-0.2, 0) is 11.3 Å². The van der Waals surface area contributed by atoms with Crippen LogP contribution in [0.1, 0.15) is 16.3 Å². The standard InChI is InChI=1S/C16H10ClN3O3S.C10H13N3O/c17-14-6-5-13(24-14)12-7-9(19-23-12)8-20-11-4-2-1-3-10(11)18-15(20)16(21)22;11-8-1-3-9(4-2-8)13-6-5-12-7-10(13)14/h1-7H,8H2,(H,21,22);1-4,12H,5-7,11H2. The number of fused-ring (bicyclic) bond motifs is 1. The van der Waals surface area contributed by atoms with E-state index in [1.54, 1.807) is 27.7 Å². The lowest BCUT2D eigenvalue weighted by molar-refractivity contribution is -0.118. The average Bonchev–Trinajstić information content (AvgIpc) is 3.65. The van der Waals surface area contributed by atoms with Gasteiger partial charge in [-0.3, -0.25) is 4.79 Å². The molecule has 1 aliphatic heterocycles. The van der Waals surface area contributed by atoms with E-state index in [1.807, 2.05) is 48.5 Å². The van der Waals surface area contributed by atoms with Gasteiger partial charge in [-0.25, -0.2) is 9.78 Å². The Morgan fingerprint density at radius 1 is 1.16 bits per heavy atom. The number of aromatic carboxylic acids is 1. The van der Waals surface area contributed by atoms with Gasteiger partial charge in [-0.15, -0.1) is 11.3 Å². The van der Waals surface area contributed by atoms with Gasteiger partial charge in [0, 0.05) is 30.5 Å². The molecular formula is C26H23ClN6O4S. The van der Waals surface area contributed by atoms with Crippen molar-refractivity contribution in [2.45, 2.75) is 6.54 Å². The van der Waals surface area contributed by atoms with Crippen molar-refractivity contribution in [1.82, 2.24) is 20.0 Å². The Balaban J connectivity index is 0.000000179. The average molecular weight is 551 g/mol. The zero-order chi connectivity index (χ0) is 26.6. The van der Waals surface area contributed by atoms with Crippen LogP contribution in [0.3, 0.4) is 0 Å². The van der Waals surface area contributed by atoms with Crippen LogP contribution < -0.4 is 16.0 Å². The number of piperazine rings is 1. The highest BCUT2D eigenvalue weighted by atomic mass is 35.5. The van der Waals surface area contributed by atoms with Crippen molar-refractivity contribution in [3.05, 3.63) is 82.6 Å². The van der Waals surface area contributed by atoms with Gasteiger partial charge in [0.2, 0.25) is 11.7 Å². The number of nitrogens with one attached hydrogen (secondary N) is 1. The van der Waals surface area contributed by atoms with Gasteiger partial charge in [-0.1, -0.05) is 28.9 Å². The fraction of sp³-hybridized carbons (Fsp3) is 0.154. The van der Waals surface area contributed by atoms with Gasteiger partial charge in [0.05, 0.1) is 33.3 Å². The molecule has 1 aliphatic rings. The molecule has 6 rings (SSSR count). The van der Waals surface area contributed by atoms with Gasteiger partial charge in [0.25, 0.3) is 0 Å². The highest BCUT2D eigenvalue weighted by molar-refractivity contribution is 7.19. The molecule has 0 unspecified atom stereocenters. The Hall–Kier alpha value is -4.19. The first-order chi connectivity index (χ1) is 18.4. The first-order valence-electron chi connectivity index (χ1n) is 11.7. The summed E-state index contributed by atoms with van der Waals surface area (Å²) in [7, 11) is 0. The number of nitrogen functional groups attached to an aromatic ring is 1. The van der Waals surface area contributed by atoms with Crippen LogP contribution in [0.2, 0.25) is 4.34 Å². The number of hydrogen-bond acceptors (Lipinski definition) is 8. The second kappa shape index (κ2) is 11.1. The zero-order valence-corrected chi connectivity index (χ0v) is 21.6. The predicted octanol–water partition coefficient (Wildman–Crippen LogP) is 4.36. The highest BCUT2D eigenvalue weighted by Crippen LogP contribution is 2.31. The number of benzene rings is 2. The van der Waals surface area contributed by atoms with Gasteiger partial charge in [0.15, 0.2) is 5.76 Å². The van der Waals surface area contributed by atoms with E-state index in [-0.39, 0.29) is 18.3 Å². The molecule has 4 N–H and O–H groups in total. The number of carboxylic acid groups (broad SMARTS) is 1. The highest BCUT2D eigenvalue weighted by Gasteiger charge is 2.19. The molecule has 194 valence electrons. The minimum absolute atomic E-state index is 0.0279. The van der Waals surface area contributed by atoms with Gasteiger partial charge < -0.3 is 30.1 Å². The maximum Gasteiger partial charge on any atom is 0.372 e. The van der Waals surface area contributed by atoms with Crippen molar-refractivity contribution in [3.8, 4) is 10.6 Å². The van der Waals surface area contributed by atoms with E-state index < -0.39 is 5.97 Å². The van der Waals surface area contributed by atoms with Crippen LogP contribution >= 0.6 is 22.9 Å². The third-order valence-electron chi connectivity index (χ3n) is 5.84. The number of para-hydroxylation sites is 2. The Morgan fingerprint density at radius 3 is 2.66 bits per heavy atom. The number of rotatable bonds is 5. The Labute approximate surface area is 226 Å². The number of hydrogen-bond donors (Lipinski definition) is 3. The maximum atomic E-state index is 11.5. The second-order valence-corrected chi connectivity index (χ2v) is 10.1. The number of halogens is 1. The van der Waals surface area contributed by atoms with Crippen molar-refractivity contribution in [1.29, 1.82) is 0 Å². The number of carboxylic acids is 1. The first kappa shape index (κ1) is 25.5. The number of nitrogens with zero attached hydrogens (tertiary/aromatic N) is 4. The fourth-order valence-corrected chi connectivity index (χ4v) is 5.04. The summed E-state index contributed by atoms with van der Waals surface area (Å²) in [6.45, 7) is 2.24. The summed E-state index contributed by atoms with van der Waals surface area (Å²) in [5, 5.41) is 16.5. The summed E-state index contributed by atoms with van der Waals surface area (Å²) in [5.74, 6) is -0.399. The van der Waals surface area contributed by atoms with Crippen LogP contribution in [0, 0.1) is 0 Å². The number of aromatic nitrogens is 3. The van der Waals surface area contributed by atoms with Gasteiger partial charge in [-0.2, -0.15) is 0 Å². The molecule has 1 saturated heterocycles. The predicted molar refractivity (Wildman–Crippen MR) is 147 cm³/mol. The number of carbonyl (C=O) groups is 2. The molecule has 0 spiro atoms. The number of carbonyl (C=O) groups excluding carboxylic acids is 1. The largest absolute Gasteiger partial charge is 0.475 e. The van der Waals surface area contributed by atoms with Crippen LogP contribution in [-0.4, -0.2) is 51.3 Å². The molecule has 3 aromatic heterocycles. The van der Waals surface area contributed by atoms with Gasteiger partial charge in [-0.05, 0) is 48.5 Å². The monoisotopic (exact) mass is 550 g/mol. The first-order valence-corrected chi connectivity index (χ1v) is 12.8. The summed E-state index contributed by atoms with van der Waals surface area (Å²) < 4.78 is 7.62. The van der Waals surface area contributed by atoms with Crippen LogP contribution in [0.5, 0.6) is 0 Å². The van der Waals surface area contributed by atoms with Crippen molar-refractivity contribution >= 4 is 57.2 Å². The summed E-state index contributed by atoms with van der Waals surface area (Å²) >= 11 is 7.32. The lowest BCUT2D eigenvalue weighted by atomic mass is 10.2. The number of amides is 1. The number of imidazole rings is 1. The van der Waals surface area contributed by atoms with E-state index in [1.165, 1.54) is 11.3 Å². The van der Waals surface area contributed by atoms with Crippen molar-refractivity contribution in [3.63, 3.8) is 0 Å². The molecule has 0 atom stereocenters. The van der Waals surface area contributed by atoms with E-state index in [2.05, 4.69) is 15.5 Å². The molecule has 4 heterocycles. The maximum absolute atomic E-state index is 11.5. The molecule has 0 aliphatic carbocycles. The molecule has 10 nitrogen and oxygen atoms in total. The minimum atomic E-state index is -1.08. The summed E-state index contributed by atoms with van der Waals surface area (Å²) in [5.41, 5.74) is 9.19. The number of nitrogens with two attached hydrogens (primary N) is 1. The quantitative estimate of drug-likeness (QED) is 0.274. The molecule has 5 aromatic rings. The van der Waals surface area contributed by atoms with Crippen LogP contribution in [0.25, 0.3) is 21.7 Å². The summed E-state index contributed by atoms with van der Waals surface area (Å²) in [4.78, 5) is 29.8. The van der Waals surface area contributed by atoms with Crippen molar-refractivity contribution in [2.75, 3.05) is 30.3 Å². The second-order valence-electron chi connectivity index (χ2n) is 8.42. The van der Waals surface area contributed by atoms with E-state index in [0.29, 0.717) is 27.9 Å². The lowest BCUT2D eigenvalue weighted by Crippen LogP contribution is -2.48. The Morgan fingerprint density at radius 2 is 1.95 bits per heavy atom. The molecule has 0 bridgehead atoms. The SMILES string of the molecule is Nc1ccc(N2CCNCC2=O)cc1.O=C(O)c1nc2ccccc2n1Cc1cc(-c2ccc(Cl)s2)on1. The van der Waals surface area contributed by atoms with Crippen molar-refractivity contribution < 1.29 is 19.2 Å². The van der Waals surface area contributed by atoms with Gasteiger partial charge >= 0.3 is 5.97 Å². The number of anilines is 2. The topological polar surface area (TPSA) is 140 Å². The molecule has 12 heteroatoms. The van der Waals surface area contributed by atoms with E-state index in [9.17, 15) is 14.7 Å². The molecule has 0 radical (unpaired) electrons. The molecule has 0 saturated carbocycles. The fourth-order valence-electron chi connectivity index (χ4n) is 4.04. The number of thiophene rings is 1. The molecule has 1 fully saturated rings. The third kappa shape index (κ3) is 5.54.